The highest BCUT2D eigenvalue weighted by Gasteiger charge is 2.27. The molecule has 0 spiro atoms. The van der Waals surface area contributed by atoms with Crippen LogP contribution >= 0.6 is 0 Å². The summed E-state index contributed by atoms with van der Waals surface area (Å²) in [6, 6.07) is 23.2. The molecule has 2 aromatic carbocycles. The van der Waals surface area contributed by atoms with Crippen LogP contribution in [0.3, 0.4) is 0 Å². The predicted molar refractivity (Wildman–Crippen MR) is 131 cm³/mol. The lowest BCUT2D eigenvalue weighted by Crippen LogP contribution is -2.46. The zero-order valence-electron chi connectivity index (χ0n) is 19.9. The smallest absolute Gasteiger partial charge is 0.249 e. The molecule has 2 amide bonds. The Morgan fingerprint density at radius 3 is 2.26 bits per heavy atom. The van der Waals surface area contributed by atoms with Crippen molar-refractivity contribution in [1.82, 2.24) is 9.80 Å². The van der Waals surface area contributed by atoms with Crippen molar-refractivity contribution in [2.45, 2.75) is 38.6 Å². The molecule has 184 valence electrons. The number of furan rings is 1. The minimum absolute atomic E-state index is 0.0407. The molecule has 1 aromatic heterocycles. The van der Waals surface area contributed by atoms with Gasteiger partial charge in [-0.15, -0.1) is 0 Å². The minimum Gasteiger partial charge on any atom is -0.467 e. The first-order chi connectivity index (χ1) is 17.2. The molecule has 2 heterocycles. The number of rotatable bonds is 12. The molecule has 0 saturated carbocycles. The van der Waals surface area contributed by atoms with Crippen molar-refractivity contribution < 1.29 is 23.5 Å². The summed E-state index contributed by atoms with van der Waals surface area (Å²) in [7, 11) is 0. The van der Waals surface area contributed by atoms with E-state index in [1.54, 1.807) is 22.1 Å². The summed E-state index contributed by atoms with van der Waals surface area (Å²) in [4.78, 5) is 29.9. The van der Waals surface area contributed by atoms with E-state index < -0.39 is 0 Å². The average Bonchev–Trinajstić information content (AvgIpc) is 3.59. The zero-order chi connectivity index (χ0) is 24.3. The first-order valence-corrected chi connectivity index (χ1v) is 12.0. The summed E-state index contributed by atoms with van der Waals surface area (Å²) < 4.78 is 16.9. The van der Waals surface area contributed by atoms with Crippen LogP contribution in [0, 0.1) is 0 Å². The second-order valence-electron chi connectivity index (χ2n) is 8.70. The summed E-state index contributed by atoms with van der Waals surface area (Å²) >= 11 is 0. The van der Waals surface area contributed by atoms with Crippen molar-refractivity contribution in [2.75, 3.05) is 26.3 Å². The summed E-state index contributed by atoms with van der Waals surface area (Å²) in [6.07, 6.45) is 3.37. The van der Waals surface area contributed by atoms with Gasteiger partial charge in [0, 0.05) is 19.7 Å². The molecule has 1 fully saturated rings. The lowest BCUT2D eigenvalue weighted by molar-refractivity contribution is -0.145. The quantitative estimate of drug-likeness (QED) is 0.395. The minimum atomic E-state index is -0.220. The van der Waals surface area contributed by atoms with Gasteiger partial charge in [0.2, 0.25) is 11.8 Å². The Balaban J connectivity index is 1.42. The van der Waals surface area contributed by atoms with E-state index in [-0.39, 0.29) is 31.1 Å². The Morgan fingerprint density at radius 1 is 0.857 bits per heavy atom. The van der Waals surface area contributed by atoms with Crippen LogP contribution in [0.5, 0.6) is 0 Å². The Hall–Kier alpha value is -3.42. The van der Waals surface area contributed by atoms with Gasteiger partial charge in [-0.25, -0.2) is 0 Å². The second kappa shape index (κ2) is 12.9. The van der Waals surface area contributed by atoms with Gasteiger partial charge in [0.1, 0.15) is 12.4 Å². The van der Waals surface area contributed by atoms with Gasteiger partial charge in [-0.2, -0.15) is 0 Å². The number of hydrogen-bond donors (Lipinski definition) is 0. The molecule has 0 bridgehead atoms. The standard InChI is InChI=1S/C28H32N2O5/c31-27(29(18-25-13-7-15-34-25)17-23-9-3-1-4-10-23)20-30(19-26-14-8-16-35-26)28(32)22-33-21-24-11-5-2-6-12-24/h1-7,9-13,15,26H,8,14,16-22H2/t26-/m1/s1. The number of carbonyl (C=O) groups is 2. The Morgan fingerprint density at radius 2 is 1.60 bits per heavy atom. The van der Waals surface area contributed by atoms with Gasteiger partial charge in [0.05, 0.1) is 32.1 Å². The lowest BCUT2D eigenvalue weighted by Gasteiger charge is -2.29. The van der Waals surface area contributed by atoms with Crippen LogP contribution in [0.4, 0.5) is 0 Å². The monoisotopic (exact) mass is 476 g/mol. The van der Waals surface area contributed by atoms with Gasteiger partial charge in [-0.05, 0) is 36.1 Å². The average molecular weight is 477 g/mol. The van der Waals surface area contributed by atoms with Crippen LogP contribution in [-0.4, -0.2) is 54.0 Å². The second-order valence-corrected chi connectivity index (χ2v) is 8.70. The Bertz CT molecular complexity index is 1030. The molecule has 7 heteroatoms. The van der Waals surface area contributed by atoms with E-state index >= 15 is 0 Å². The van der Waals surface area contributed by atoms with Gasteiger partial charge < -0.3 is 23.7 Å². The van der Waals surface area contributed by atoms with Gasteiger partial charge in [-0.3, -0.25) is 9.59 Å². The third-order valence-electron chi connectivity index (χ3n) is 5.96. The van der Waals surface area contributed by atoms with E-state index in [1.807, 2.05) is 66.7 Å². The van der Waals surface area contributed by atoms with Gasteiger partial charge in [0.25, 0.3) is 0 Å². The SMILES string of the molecule is O=C(CN(C[C@H]1CCCO1)C(=O)COCc1ccccc1)N(Cc1ccccc1)Cc1ccco1. The number of nitrogens with zero attached hydrogens (tertiary/aromatic N) is 2. The first-order valence-electron chi connectivity index (χ1n) is 12.0. The van der Waals surface area contributed by atoms with E-state index in [1.165, 1.54) is 0 Å². The van der Waals surface area contributed by atoms with Crippen molar-refractivity contribution >= 4 is 11.8 Å². The number of hydrogen-bond acceptors (Lipinski definition) is 5. The molecule has 0 aliphatic carbocycles. The molecule has 1 saturated heterocycles. The molecule has 0 N–H and O–H groups in total. The van der Waals surface area contributed by atoms with Crippen molar-refractivity contribution in [2.24, 2.45) is 0 Å². The topological polar surface area (TPSA) is 72.2 Å². The van der Waals surface area contributed by atoms with Gasteiger partial charge in [0.15, 0.2) is 0 Å². The molecule has 4 rings (SSSR count). The fraction of sp³-hybridized carbons (Fsp3) is 0.357. The van der Waals surface area contributed by atoms with Crippen LogP contribution in [0.15, 0.2) is 83.5 Å². The molecule has 3 aromatic rings. The highest BCUT2D eigenvalue weighted by Crippen LogP contribution is 2.16. The number of carbonyl (C=O) groups excluding carboxylic acids is 2. The number of amides is 2. The molecule has 35 heavy (non-hydrogen) atoms. The maximum absolute atomic E-state index is 13.5. The molecule has 1 aliphatic heterocycles. The molecule has 1 aliphatic rings. The lowest BCUT2D eigenvalue weighted by atomic mass is 10.2. The first kappa shape index (κ1) is 24.7. The van der Waals surface area contributed by atoms with E-state index in [9.17, 15) is 9.59 Å². The van der Waals surface area contributed by atoms with Crippen LogP contribution in [-0.2, 0) is 38.8 Å². The molecule has 1 atom stereocenters. The summed E-state index contributed by atoms with van der Waals surface area (Å²) in [6.45, 7) is 2.02. The normalized spacial score (nSPS) is 15.1. The third kappa shape index (κ3) is 7.80. The summed E-state index contributed by atoms with van der Waals surface area (Å²) in [5, 5.41) is 0. The van der Waals surface area contributed by atoms with E-state index in [2.05, 4.69) is 0 Å². The molecular weight excluding hydrogens is 444 g/mol. The molecule has 0 radical (unpaired) electrons. The highest BCUT2D eigenvalue weighted by atomic mass is 16.5. The summed E-state index contributed by atoms with van der Waals surface area (Å²) in [5.41, 5.74) is 2.00. The fourth-order valence-electron chi connectivity index (χ4n) is 4.10. The number of benzene rings is 2. The highest BCUT2D eigenvalue weighted by molar-refractivity contribution is 5.85. The summed E-state index contributed by atoms with van der Waals surface area (Å²) in [5.74, 6) is 0.319. The Labute approximate surface area is 206 Å². The van der Waals surface area contributed by atoms with Crippen molar-refractivity contribution in [3.8, 4) is 0 Å². The predicted octanol–water partition coefficient (Wildman–Crippen LogP) is 4.03. The molecular formula is C28H32N2O5. The van der Waals surface area contributed by atoms with Crippen molar-refractivity contribution in [3.05, 3.63) is 95.9 Å². The van der Waals surface area contributed by atoms with E-state index in [4.69, 9.17) is 13.9 Å². The fourth-order valence-corrected chi connectivity index (χ4v) is 4.10. The van der Waals surface area contributed by atoms with Gasteiger partial charge >= 0.3 is 0 Å². The molecule has 0 unspecified atom stereocenters. The van der Waals surface area contributed by atoms with E-state index in [0.29, 0.717) is 38.6 Å². The zero-order valence-corrected chi connectivity index (χ0v) is 19.9. The number of ether oxygens (including phenoxy) is 2. The largest absolute Gasteiger partial charge is 0.467 e. The van der Waals surface area contributed by atoms with Crippen LogP contribution in [0.1, 0.15) is 29.7 Å². The molecule has 7 nitrogen and oxygen atoms in total. The third-order valence-corrected chi connectivity index (χ3v) is 5.96. The van der Waals surface area contributed by atoms with Crippen molar-refractivity contribution in [1.29, 1.82) is 0 Å². The maximum atomic E-state index is 13.5. The van der Waals surface area contributed by atoms with Crippen LogP contribution in [0.25, 0.3) is 0 Å². The van der Waals surface area contributed by atoms with E-state index in [0.717, 1.165) is 24.0 Å². The van der Waals surface area contributed by atoms with Crippen LogP contribution in [0.2, 0.25) is 0 Å². The Kier molecular flexibility index (Phi) is 9.09. The maximum Gasteiger partial charge on any atom is 0.249 e. The van der Waals surface area contributed by atoms with Crippen LogP contribution < -0.4 is 0 Å². The van der Waals surface area contributed by atoms with Crippen molar-refractivity contribution in [3.63, 3.8) is 0 Å². The van der Waals surface area contributed by atoms with Gasteiger partial charge in [-0.1, -0.05) is 60.7 Å².